The van der Waals surface area contributed by atoms with Crippen LogP contribution in [0.3, 0.4) is 0 Å². The van der Waals surface area contributed by atoms with Gasteiger partial charge in [0, 0.05) is 19.3 Å². The zero-order valence-corrected chi connectivity index (χ0v) is 11.9. The number of aryl methyl sites for hydroxylation is 1. The number of halogens is 3. The van der Waals surface area contributed by atoms with Crippen LogP contribution in [0.2, 0.25) is 0 Å². The van der Waals surface area contributed by atoms with Crippen molar-refractivity contribution >= 4 is 5.95 Å². The van der Waals surface area contributed by atoms with E-state index in [1.807, 2.05) is 38.1 Å². The van der Waals surface area contributed by atoms with Gasteiger partial charge in [-0.05, 0) is 31.0 Å². The first-order valence-electron chi connectivity index (χ1n) is 6.61. The molecule has 0 amide bonds. The van der Waals surface area contributed by atoms with E-state index in [0.29, 0.717) is 13.1 Å². The van der Waals surface area contributed by atoms with Gasteiger partial charge in [-0.25, -0.2) is 9.97 Å². The van der Waals surface area contributed by atoms with E-state index in [2.05, 4.69) is 9.97 Å². The number of nitrogens with zero attached hydrogens (tertiary/aromatic N) is 3. The highest BCUT2D eigenvalue weighted by molar-refractivity contribution is 5.35. The summed E-state index contributed by atoms with van der Waals surface area (Å²) in [5.41, 5.74) is 1.21. The van der Waals surface area contributed by atoms with Gasteiger partial charge in [0.25, 0.3) is 0 Å². The molecule has 1 heterocycles. The third kappa shape index (κ3) is 3.71. The second-order valence-electron chi connectivity index (χ2n) is 4.68. The first kappa shape index (κ1) is 15.3. The first-order valence-corrected chi connectivity index (χ1v) is 6.61. The molecule has 2 aromatic rings. The lowest BCUT2D eigenvalue weighted by Crippen LogP contribution is -2.25. The summed E-state index contributed by atoms with van der Waals surface area (Å²) in [4.78, 5) is 9.32. The molecule has 0 fully saturated rings. The maximum absolute atomic E-state index is 12.7. The predicted octanol–water partition coefficient (Wildman–Crippen LogP) is 3.83. The fourth-order valence-corrected chi connectivity index (χ4v) is 1.98. The molecule has 6 heteroatoms. The molecule has 0 saturated carbocycles. The van der Waals surface area contributed by atoms with E-state index in [4.69, 9.17) is 0 Å². The summed E-state index contributed by atoms with van der Waals surface area (Å²) < 4.78 is 38.2. The maximum atomic E-state index is 12.7. The highest BCUT2D eigenvalue weighted by Gasteiger charge is 2.33. The Morgan fingerprint density at radius 3 is 2.48 bits per heavy atom. The highest BCUT2D eigenvalue weighted by Crippen LogP contribution is 2.28. The minimum absolute atomic E-state index is 0.0931. The van der Waals surface area contributed by atoms with Gasteiger partial charge >= 0.3 is 6.18 Å². The van der Waals surface area contributed by atoms with Crippen molar-refractivity contribution in [3.8, 4) is 0 Å². The number of rotatable bonds is 4. The third-order valence-corrected chi connectivity index (χ3v) is 3.22. The quantitative estimate of drug-likeness (QED) is 0.858. The average molecular weight is 295 g/mol. The van der Waals surface area contributed by atoms with Gasteiger partial charge in [-0.3, -0.25) is 0 Å². The molecule has 0 saturated heterocycles. The SMILES string of the molecule is CCN(Cc1ccccc1C)c1nccc(C(F)(F)F)n1. The summed E-state index contributed by atoms with van der Waals surface area (Å²) in [7, 11) is 0. The molecule has 2 rings (SSSR count). The zero-order chi connectivity index (χ0) is 15.5. The number of hydrogen-bond acceptors (Lipinski definition) is 3. The molecule has 1 aromatic heterocycles. The largest absolute Gasteiger partial charge is 0.433 e. The molecule has 1 aromatic carbocycles. The lowest BCUT2D eigenvalue weighted by Gasteiger charge is -2.22. The van der Waals surface area contributed by atoms with Crippen molar-refractivity contribution in [1.29, 1.82) is 0 Å². The third-order valence-electron chi connectivity index (χ3n) is 3.22. The number of hydrogen-bond donors (Lipinski definition) is 0. The minimum atomic E-state index is -4.46. The van der Waals surface area contributed by atoms with Gasteiger partial charge in [-0.1, -0.05) is 24.3 Å². The lowest BCUT2D eigenvalue weighted by molar-refractivity contribution is -0.141. The summed E-state index contributed by atoms with van der Waals surface area (Å²) in [6.07, 6.45) is -3.31. The van der Waals surface area contributed by atoms with Crippen LogP contribution in [0.15, 0.2) is 36.5 Å². The summed E-state index contributed by atoms with van der Waals surface area (Å²) >= 11 is 0. The lowest BCUT2D eigenvalue weighted by atomic mass is 10.1. The van der Waals surface area contributed by atoms with E-state index in [1.54, 1.807) is 4.90 Å². The molecule has 0 unspecified atom stereocenters. The normalized spacial score (nSPS) is 11.5. The van der Waals surface area contributed by atoms with Gasteiger partial charge in [0.2, 0.25) is 5.95 Å². The molecular formula is C15H16F3N3. The molecular weight excluding hydrogens is 279 g/mol. The fourth-order valence-electron chi connectivity index (χ4n) is 1.98. The molecule has 21 heavy (non-hydrogen) atoms. The van der Waals surface area contributed by atoms with Crippen LogP contribution in [0, 0.1) is 6.92 Å². The molecule has 112 valence electrons. The minimum Gasteiger partial charge on any atom is -0.337 e. The van der Waals surface area contributed by atoms with Crippen molar-refractivity contribution in [2.24, 2.45) is 0 Å². The van der Waals surface area contributed by atoms with Crippen LogP contribution in [-0.4, -0.2) is 16.5 Å². The van der Waals surface area contributed by atoms with Gasteiger partial charge in [0.15, 0.2) is 0 Å². The van der Waals surface area contributed by atoms with Gasteiger partial charge in [0.1, 0.15) is 5.69 Å². The highest BCUT2D eigenvalue weighted by atomic mass is 19.4. The Hall–Kier alpha value is -2.11. The molecule has 0 aliphatic carbocycles. The Kier molecular flexibility index (Phi) is 4.45. The summed E-state index contributed by atoms with van der Waals surface area (Å²) in [6.45, 7) is 4.83. The van der Waals surface area contributed by atoms with E-state index in [-0.39, 0.29) is 5.95 Å². The molecule has 0 radical (unpaired) electrons. The Morgan fingerprint density at radius 1 is 1.14 bits per heavy atom. The van der Waals surface area contributed by atoms with E-state index in [1.165, 1.54) is 0 Å². The van der Waals surface area contributed by atoms with Gasteiger partial charge < -0.3 is 4.90 Å². The van der Waals surface area contributed by atoms with Gasteiger partial charge in [-0.2, -0.15) is 13.2 Å². The molecule has 0 N–H and O–H groups in total. The molecule has 0 aliphatic rings. The van der Waals surface area contributed by atoms with Crippen molar-refractivity contribution in [3.05, 3.63) is 53.3 Å². The van der Waals surface area contributed by atoms with Crippen LogP contribution in [0.5, 0.6) is 0 Å². The Balaban J connectivity index is 2.28. The van der Waals surface area contributed by atoms with Crippen molar-refractivity contribution in [2.45, 2.75) is 26.6 Å². The first-order chi connectivity index (χ1) is 9.91. The van der Waals surface area contributed by atoms with Crippen LogP contribution in [-0.2, 0) is 12.7 Å². The summed E-state index contributed by atoms with van der Waals surface area (Å²) in [5.74, 6) is 0.0931. The molecule has 0 spiro atoms. The van der Waals surface area contributed by atoms with E-state index in [9.17, 15) is 13.2 Å². The summed E-state index contributed by atoms with van der Waals surface area (Å²) in [6, 6.07) is 8.63. The molecule has 0 aliphatic heterocycles. The molecule has 0 atom stereocenters. The topological polar surface area (TPSA) is 29.0 Å². The number of anilines is 1. The fraction of sp³-hybridized carbons (Fsp3) is 0.333. The van der Waals surface area contributed by atoms with Crippen LogP contribution < -0.4 is 4.90 Å². The molecule has 3 nitrogen and oxygen atoms in total. The number of aromatic nitrogens is 2. The van der Waals surface area contributed by atoms with Crippen molar-refractivity contribution < 1.29 is 13.2 Å². The smallest absolute Gasteiger partial charge is 0.337 e. The standard InChI is InChI=1S/C15H16F3N3/c1-3-21(10-12-7-5-4-6-11(12)2)14-19-9-8-13(20-14)15(16,17)18/h4-9H,3,10H2,1-2H3. The predicted molar refractivity (Wildman–Crippen MR) is 74.9 cm³/mol. The van der Waals surface area contributed by atoms with Crippen molar-refractivity contribution in [3.63, 3.8) is 0 Å². The van der Waals surface area contributed by atoms with Crippen LogP contribution >= 0.6 is 0 Å². The van der Waals surface area contributed by atoms with Gasteiger partial charge in [-0.15, -0.1) is 0 Å². The van der Waals surface area contributed by atoms with Crippen molar-refractivity contribution in [2.75, 3.05) is 11.4 Å². The van der Waals surface area contributed by atoms with Crippen LogP contribution in [0.4, 0.5) is 19.1 Å². The van der Waals surface area contributed by atoms with E-state index in [0.717, 1.165) is 23.4 Å². The Morgan fingerprint density at radius 2 is 1.86 bits per heavy atom. The van der Waals surface area contributed by atoms with Gasteiger partial charge in [0.05, 0.1) is 0 Å². The van der Waals surface area contributed by atoms with E-state index < -0.39 is 11.9 Å². The number of alkyl halides is 3. The number of benzene rings is 1. The Labute approximate surface area is 121 Å². The summed E-state index contributed by atoms with van der Waals surface area (Å²) in [5, 5.41) is 0. The van der Waals surface area contributed by atoms with Crippen molar-refractivity contribution in [1.82, 2.24) is 9.97 Å². The maximum Gasteiger partial charge on any atom is 0.433 e. The van der Waals surface area contributed by atoms with Crippen LogP contribution in [0.1, 0.15) is 23.7 Å². The average Bonchev–Trinajstić information content (AvgIpc) is 2.46. The zero-order valence-electron chi connectivity index (χ0n) is 11.9. The second kappa shape index (κ2) is 6.11. The Bertz CT molecular complexity index is 611. The van der Waals surface area contributed by atoms with E-state index >= 15 is 0 Å². The van der Waals surface area contributed by atoms with Crippen LogP contribution in [0.25, 0.3) is 0 Å². The molecule has 0 bridgehead atoms. The monoisotopic (exact) mass is 295 g/mol. The second-order valence-corrected chi connectivity index (χ2v) is 4.68.